The second kappa shape index (κ2) is 9.21. The molecule has 0 unspecified atom stereocenters. The Labute approximate surface area is 153 Å². The highest BCUT2D eigenvalue weighted by molar-refractivity contribution is 5.54. The topological polar surface area (TPSA) is 63.4 Å². The second-order valence-corrected chi connectivity index (χ2v) is 6.66. The van der Waals surface area contributed by atoms with E-state index in [2.05, 4.69) is 15.0 Å². The minimum atomic E-state index is -0.448. The van der Waals surface area contributed by atoms with Gasteiger partial charge < -0.3 is 9.84 Å². The van der Waals surface area contributed by atoms with Gasteiger partial charge >= 0.3 is 0 Å². The maximum absolute atomic E-state index is 13.2. The first-order valence-corrected chi connectivity index (χ1v) is 9.33. The van der Waals surface area contributed by atoms with Crippen molar-refractivity contribution in [3.05, 3.63) is 35.9 Å². The van der Waals surface area contributed by atoms with Crippen LogP contribution in [0, 0.1) is 5.82 Å². The normalized spacial score (nSPS) is 16.7. The van der Waals surface area contributed by atoms with Crippen LogP contribution in [0.2, 0.25) is 0 Å². The zero-order chi connectivity index (χ0) is 18.4. The highest BCUT2D eigenvalue weighted by Crippen LogP contribution is 2.18. The Morgan fingerprint density at radius 1 is 1.23 bits per heavy atom. The summed E-state index contributed by atoms with van der Waals surface area (Å²) in [7, 11) is 0. The number of halogens is 1. The van der Waals surface area contributed by atoms with E-state index in [4.69, 9.17) is 4.74 Å². The van der Waals surface area contributed by atoms with Gasteiger partial charge in [-0.3, -0.25) is 4.90 Å². The molecular weight excluding hydrogens is 335 g/mol. The molecule has 0 aliphatic carbocycles. The van der Waals surface area contributed by atoms with E-state index in [1.54, 1.807) is 16.8 Å². The van der Waals surface area contributed by atoms with Gasteiger partial charge in [0.05, 0.1) is 25.9 Å². The van der Waals surface area contributed by atoms with Crippen molar-refractivity contribution in [2.45, 2.75) is 38.8 Å². The molecule has 6 nitrogen and oxygen atoms in total. The number of nitrogens with zero attached hydrogens (tertiary/aromatic N) is 4. The highest BCUT2D eigenvalue weighted by atomic mass is 19.1. The third-order valence-electron chi connectivity index (χ3n) is 4.68. The van der Waals surface area contributed by atoms with Crippen molar-refractivity contribution in [2.24, 2.45) is 0 Å². The number of rotatable bonds is 8. The van der Waals surface area contributed by atoms with E-state index < -0.39 is 6.10 Å². The largest absolute Gasteiger partial charge is 0.391 e. The lowest BCUT2D eigenvalue weighted by atomic mass is 10.2. The molecule has 0 saturated carbocycles. The van der Waals surface area contributed by atoms with Crippen molar-refractivity contribution in [1.82, 2.24) is 19.7 Å². The fourth-order valence-corrected chi connectivity index (χ4v) is 3.04. The molecule has 26 heavy (non-hydrogen) atoms. The van der Waals surface area contributed by atoms with Crippen molar-refractivity contribution in [3.8, 4) is 11.4 Å². The van der Waals surface area contributed by atoms with Crippen molar-refractivity contribution in [1.29, 1.82) is 0 Å². The van der Waals surface area contributed by atoms with Gasteiger partial charge in [-0.05, 0) is 43.7 Å². The smallest absolute Gasteiger partial charge is 0.181 e. The van der Waals surface area contributed by atoms with Crippen LogP contribution >= 0.6 is 0 Å². The molecule has 0 amide bonds. The maximum Gasteiger partial charge on any atom is 0.181 e. The molecule has 1 aliphatic heterocycles. The minimum absolute atomic E-state index is 0.277. The Kier molecular flexibility index (Phi) is 6.71. The van der Waals surface area contributed by atoms with Gasteiger partial charge in [0, 0.05) is 25.1 Å². The number of ether oxygens (including phenoxy) is 1. The summed E-state index contributed by atoms with van der Waals surface area (Å²) in [4.78, 5) is 7.05. The Morgan fingerprint density at radius 2 is 1.96 bits per heavy atom. The predicted molar refractivity (Wildman–Crippen MR) is 97.3 cm³/mol. The molecule has 0 spiro atoms. The van der Waals surface area contributed by atoms with Crippen LogP contribution in [-0.4, -0.2) is 63.7 Å². The Balaban J connectivity index is 1.69. The molecule has 3 rings (SSSR count). The van der Waals surface area contributed by atoms with Gasteiger partial charge in [-0.15, -0.1) is 0 Å². The molecule has 2 aromatic rings. The van der Waals surface area contributed by atoms with E-state index in [9.17, 15) is 9.50 Å². The van der Waals surface area contributed by atoms with Crippen LogP contribution in [0.25, 0.3) is 11.4 Å². The van der Waals surface area contributed by atoms with Crippen molar-refractivity contribution < 1.29 is 14.2 Å². The first-order valence-electron chi connectivity index (χ1n) is 9.33. The van der Waals surface area contributed by atoms with E-state index in [-0.39, 0.29) is 5.82 Å². The molecule has 0 bridgehead atoms. The van der Waals surface area contributed by atoms with Gasteiger partial charge in [0.25, 0.3) is 0 Å². The summed E-state index contributed by atoms with van der Waals surface area (Å²) in [5.74, 6) is 1.17. The number of aliphatic hydroxyl groups is 1. The Hall–Kier alpha value is -1.83. The number of aryl methyl sites for hydroxylation is 1. The maximum atomic E-state index is 13.2. The number of aliphatic hydroxyl groups excluding tert-OH is 1. The quantitative estimate of drug-likeness (QED) is 0.779. The number of aromatic nitrogens is 3. The number of morpholine rings is 1. The van der Waals surface area contributed by atoms with Crippen molar-refractivity contribution in [3.63, 3.8) is 0 Å². The average molecular weight is 362 g/mol. The molecule has 1 atom stereocenters. The van der Waals surface area contributed by atoms with E-state index in [0.717, 1.165) is 57.1 Å². The van der Waals surface area contributed by atoms with E-state index in [0.29, 0.717) is 18.8 Å². The summed E-state index contributed by atoms with van der Waals surface area (Å²) in [6.07, 6.45) is 1.99. The molecule has 1 N–H and O–H groups in total. The molecule has 1 aromatic carbocycles. The second-order valence-electron chi connectivity index (χ2n) is 6.66. The molecule has 142 valence electrons. The summed E-state index contributed by atoms with van der Waals surface area (Å²) in [6, 6.07) is 6.19. The molecule has 1 aromatic heterocycles. The summed E-state index contributed by atoms with van der Waals surface area (Å²) < 4.78 is 20.3. The molecule has 1 fully saturated rings. The van der Waals surface area contributed by atoms with E-state index in [1.807, 2.05) is 6.92 Å². The zero-order valence-corrected chi connectivity index (χ0v) is 15.3. The predicted octanol–water partition coefficient (Wildman–Crippen LogP) is 2.12. The summed E-state index contributed by atoms with van der Waals surface area (Å²) >= 11 is 0. The minimum Gasteiger partial charge on any atom is -0.391 e. The lowest BCUT2D eigenvalue weighted by Gasteiger charge is -2.26. The fraction of sp³-hybridized carbons (Fsp3) is 0.579. The number of hydrogen-bond acceptors (Lipinski definition) is 5. The van der Waals surface area contributed by atoms with Crippen LogP contribution in [-0.2, 0) is 17.7 Å². The zero-order valence-electron chi connectivity index (χ0n) is 15.3. The van der Waals surface area contributed by atoms with Gasteiger partial charge in [0.2, 0.25) is 0 Å². The van der Waals surface area contributed by atoms with E-state index >= 15 is 0 Å². The van der Waals surface area contributed by atoms with Crippen molar-refractivity contribution >= 4 is 0 Å². The van der Waals surface area contributed by atoms with Gasteiger partial charge in [-0.1, -0.05) is 6.92 Å². The average Bonchev–Trinajstić information content (AvgIpc) is 3.05. The lowest BCUT2D eigenvalue weighted by Crippen LogP contribution is -2.37. The summed E-state index contributed by atoms with van der Waals surface area (Å²) in [5, 5.41) is 14.6. The molecule has 7 heteroatoms. The van der Waals surface area contributed by atoms with Crippen LogP contribution < -0.4 is 0 Å². The van der Waals surface area contributed by atoms with E-state index in [1.165, 1.54) is 12.1 Å². The third-order valence-corrected chi connectivity index (χ3v) is 4.68. The Bertz CT molecular complexity index is 683. The van der Waals surface area contributed by atoms with Crippen LogP contribution in [0.4, 0.5) is 4.39 Å². The van der Waals surface area contributed by atoms with Gasteiger partial charge in [-0.25, -0.2) is 14.1 Å². The monoisotopic (exact) mass is 362 g/mol. The van der Waals surface area contributed by atoms with Crippen molar-refractivity contribution in [2.75, 3.05) is 32.8 Å². The number of hydrogen-bond donors (Lipinski definition) is 1. The third kappa shape index (κ3) is 5.09. The first kappa shape index (κ1) is 18.9. The molecule has 2 heterocycles. The highest BCUT2D eigenvalue weighted by Gasteiger charge is 2.15. The van der Waals surface area contributed by atoms with Crippen LogP contribution in [0.15, 0.2) is 24.3 Å². The first-order chi connectivity index (χ1) is 12.7. The molecular formula is C19H27FN4O2. The van der Waals surface area contributed by atoms with Crippen LogP contribution in [0.5, 0.6) is 0 Å². The SMILES string of the molecule is CC[C@H](O)Cn1nc(-c2ccc(F)cc2)nc1CCCN1CCOCC1. The van der Waals surface area contributed by atoms with Crippen LogP contribution in [0.1, 0.15) is 25.6 Å². The van der Waals surface area contributed by atoms with Gasteiger partial charge in [0.1, 0.15) is 11.6 Å². The van der Waals surface area contributed by atoms with Gasteiger partial charge in [0.15, 0.2) is 5.82 Å². The summed E-state index contributed by atoms with van der Waals surface area (Å²) in [6.45, 7) is 6.92. The summed E-state index contributed by atoms with van der Waals surface area (Å²) in [5.41, 5.74) is 0.783. The van der Waals surface area contributed by atoms with Gasteiger partial charge in [-0.2, -0.15) is 5.10 Å². The standard InChI is InChI=1S/C19H27FN4O2/c1-2-17(25)14-24-18(4-3-9-23-10-12-26-13-11-23)21-19(22-24)15-5-7-16(20)8-6-15/h5-8,17,25H,2-4,9-14H2,1H3/t17-/m0/s1. The lowest BCUT2D eigenvalue weighted by molar-refractivity contribution is 0.0373. The Morgan fingerprint density at radius 3 is 2.65 bits per heavy atom. The fourth-order valence-electron chi connectivity index (χ4n) is 3.04. The number of benzene rings is 1. The van der Waals surface area contributed by atoms with Crippen LogP contribution in [0.3, 0.4) is 0 Å². The molecule has 1 aliphatic rings. The molecule has 1 saturated heterocycles. The molecule has 0 radical (unpaired) electrons.